The summed E-state index contributed by atoms with van der Waals surface area (Å²) >= 11 is 1.08. The standard InChI is InChI=1S/C19H16F2N2O3S2/c1-12(16-8-7-14(20)11-17(16)21)22-19(24)13-4-2-5-15(10-13)23-28(25,26)18-6-3-9-27-18/h2-12,23H,1H3,(H,22,24). The minimum absolute atomic E-state index is 0.143. The fraction of sp³-hybridized carbons (Fsp3) is 0.105. The molecule has 3 rings (SSSR count). The topological polar surface area (TPSA) is 75.3 Å². The number of sulfonamides is 1. The molecule has 0 aliphatic carbocycles. The van der Waals surface area contributed by atoms with Crippen LogP contribution in [0.4, 0.5) is 14.5 Å². The van der Waals surface area contributed by atoms with Gasteiger partial charge in [0.25, 0.3) is 15.9 Å². The zero-order valence-corrected chi connectivity index (χ0v) is 16.3. The van der Waals surface area contributed by atoms with Crippen LogP contribution < -0.4 is 10.0 Å². The third-order valence-electron chi connectivity index (χ3n) is 3.91. The predicted octanol–water partition coefficient (Wildman–Crippen LogP) is 4.32. The average Bonchev–Trinajstić information content (AvgIpc) is 3.17. The molecule has 1 amide bonds. The summed E-state index contributed by atoms with van der Waals surface area (Å²) in [6.07, 6.45) is 0. The molecule has 0 saturated carbocycles. The molecule has 3 aromatic rings. The predicted molar refractivity (Wildman–Crippen MR) is 104 cm³/mol. The Morgan fingerprint density at radius 1 is 1.07 bits per heavy atom. The van der Waals surface area contributed by atoms with E-state index >= 15 is 0 Å². The van der Waals surface area contributed by atoms with Crippen molar-refractivity contribution in [2.75, 3.05) is 4.72 Å². The van der Waals surface area contributed by atoms with Crippen LogP contribution in [0.1, 0.15) is 28.9 Å². The molecule has 1 heterocycles. The smallest absolute Gasteiger partial charge is 0.271 e. The van der Waals surface area contributed by atoms with Crippen LogP contribution in [0.3, 0.4) is 0 Å². The van der Waals surface area contributed by atoms with E-state index in [1.807, 2.05) is 0 Å². The van der Waals surface area contributed by atoms with E-state index in [1.165, 1.54) is 36.4 Å². The minimum atomic E-state index is -3.74. The largest absolute Gasteiger partial charge is 0.345 e. The maximum absolute atomic E-state index is 13.9. The van der Waals surface area contributed by atoms with Gasteiger partial charge in [-0.25, -0.2) is 17.2 Å². The van der Waals surface area contributed by atoms with Crippen molar-refractivity contribution in [3.63, 3.8) is 0 Å². The molecule has 2 aromatic carbocycles. The van der Waals surface area contributed by atoms with Gasteiger partial charge in [0, 0.05) is 22.9 Å². The Kier molecular flexibility index (Phi) is 5.76. The monoisotopic (exact) mass is 422 g/mol. The van der Waals surface area contributed by atoms with Crippen LogP contribution in [-0.4, -0.2) is 14.3 Å². The molecule has 0 spiro atoms. The van der Waals surface area contributed by atoms with Gasteiger partial charge in [-0.05, 0) is 42.6 Å². The molecule has 0 saturated heterocycles. The van der Waals surface area contributed by atoms with Gasteiger partial charge in [-0.2, -0.15) is 0 Å². The van der Waals surface area contributed by atoms with Crippen molar-refractivity contribution in [3.05, 3.63) is 82.7 Å². The molecule has 5 nitrogen and oxygen atoms in total. The Labute approximate surface area is 165 Å². The zero-order chi connectivity index (χ0) is 20.3. The van der Waals surface area contributed by atoms with Crippen molar-refractivity contribution in [1.82, 2.24) is 5.32 Å². The third-order valence-corrected chi connectivity index (χ3v) is 6.69. The third kappa shape index (κ3) is 4.55. The maximum Gasteiger partial charge on any atom is 0.271 e. The summed E-state index contributed by atoms with van der Waals surface area (Å²) in [5.74, 6) is -1.98. The first-order valence-electron chi connectivity index (χ1n) is 8.18. The normalized spacial score (nSPS) is 12.4. The van der Waals surface area contributed by atoms with Gasteiger partial charge in [0.1, 0.15) is 15.8 Å². The fourth-order valence-corrected chi connectivity index (χ4v) is 4.60. The summed E-state index contributed by atoms with van der Waals surface area (Å²) < 4.78 is 54.1. The molecule has 1 aromatic heterocycles. The number of carbonyl (C=O) groups is 1. The number of benzene rings is 2. The van der Waals surface area contributed by atoms with Gasteiger partial charge in [0.05, 0.1) is 6.04 Å². The van der Waals surface area contributed by atoms with Crippen LogP contribution in [0.5, 0.6) is 0 Å². The molecule has 1 unspecified atom stereocenters. The number of nitrogens with one attached hydrogen (secondary N) is 2. The molecule has 0 bridgehead atoms. The van der Waals surface area contributed by atoms with E-state index in [0.717, 1.165) is 23.5 Å². The Balaban J connectivity index is 1.75. The first-order chi connectivity index (χ1) is 13.3. The van der Waals surface area contributed by atoms with Crippen LogP contribution in [-0.2, 0) is 10.0 Å². The Morgan fingerprint density at radius 2 is 1.86 bits per heavy atom. The van der Waals surface area contributed by atoms with E-state index in [2.05, 4.69) is 10.0 Å². The molecule has 28 heavy (non-hydrogen) atoms. The number of rotatable bonds is 6. The number of anilines is 1. The van der Waals surface area contributed by atoms with E-state index in [1.54, 1.807) is 18.4 Å². The Morgan fingerprint density at radius 3 is 2.54 bits per heavy atom. The second-order valence-electron chi connectivity index (χ2n) is 5.98. The van der Waals surface area contributed by atoms with E-state index in [0.29, 0.717) is 0 Å². The zero-order valence-electron chi connectivity index (χ0n) is 14.6. The van der Waals surface area contributed by atoms with Gasteiger partial charge < -0.3 is 5.32 Å². The van der Waals surface area contributed by atoms with Crippen molar-refractivity contribution < 1.29 is 22.0 Å². The number of thiophene rings is 1. The van der Waals surface area contributed by atoms with E-state index in [-0.39, 0.29) is 21.0 Å². The molecule has 0 aliphatic heterocycles. The maximum atomic E-state index is 13.9. The van der Waals surface area contributed by atoms with Crippen molar-refractivity contribution >= 4 is 33.0 Å². The number of amides is 1. The molecular formula is C19H16F2N2O3S2. The highest BCUT2D eigenvalue weighted by Gasteiger charge is 2.18. The number of hydrogen-bond donors (Lipinski definition) is 2. The fourth-order valence-electron chi connectivity index (χ4n) is 2.56. The van der Waals surface area contributed by atoms with E-state index in [4.69, 9.17) is 0 Å². The lowest BCUT2D eigenvalue weighted by Gasteiger charge is -2.16. The number of halogens is 2. The van der Waals surface area contributed by atoms with Gasteiger partial charge in [-0.1, -0.05) is 18.2 Å². The summed E-state index contributed by atoms with van der Waals surface area (Å²) in [6.45, 7) is 1.57. The van der Waals surface area contributed by atoms with Crippen LogP contribution in [0.2, 0.25) is 0 Å². The lowest BCUT2D eigenvalue weighted by Crippen LogP contribution is -2.27. The van der Waals surface area contributed by atoms with Crippen molar-refractivity contribution in [2.24, 2.45) is 0 Å². The lowest BCUT2D eigenvalue weighted by molar-refractivity contribution is 0.0939. The first kappa shape index (κ1) is 20.0. The summed E-state index contributed by atoms with van der Waals surface area (Å²) in [5.41, 5.74) is 0.562. The highest BCUT2D eigenvalue weighted by molar-refractivity contribution is 7.94. The van der Waals surface area contributed by atoms with Crippen molar-refractivity contribution in [2.45, 2.75) is 17.2 Å². The van der Waals surface area contributed by atoms with E-state index < -0.39 is 33.6 Å². The van der Waals surface area contributed by atoms with Crippen molar-refractivity contribution in [3.8, 4) is 0 Å². The lowest BCUT2D eigenvalue weighted by atomic mass is 10.1. The van der Waals surface area contributed by atoms with Gasteiger partial charge in [0.15, 0.2) is 0 Å². The molecule has 0 aliphatic rings. The molecular weight excluding hydrogens is 406 g/mol. The molecule has 9 heteroatoms. The first-order valence-corrected chi connectivity index (χ1v) is 10.5. The quantitative estimate of drug-likeness (QED) is 0.621. The summed E-state index contributed by atoms with van der Waals surface area (Å²) in [5, 5.41) is 4.26. The van der Waals surface area contributed by atoms with Gasteiger partial charge >= 0.3 is 0 Å². The average molecular weight is 422 g/mol. The van der Waals surface area contributed by atoms with Crippen LogP contribution in [0.15, 0.2) is 64.2 Å². The van der Waals surface area contributed by atoms with Gasteiger partial charge in [-0.15, -0.1) is 11.3 Å². The number of carbonyl (C=O) groups excluding carboxylic acids is 1. The minimum Gasteiger partial charge on any atom is -0.345 e. The Bertz CT molecular complexity index is 1100. The van der Waals surface area contributed by atoms with Crippen LogP contribution in [0, 0.1) is 11.6 Å². The number of hydrogen-bond acceptors (Lipinski definition) is 4. The van der Waals surface area contributed by atoms with Gasteiger partial charge in [0.2, 0.25) is 0 Å². The summed E-state index contributed by atoms with van der Waals surface area (Å²) in [6, 6.07) is 11.5. The second-order valence-corrected chi connectivity index (χ2v) is 8.84. The molecule has 0 fully saturated rings. The van der Waals surface area contributed by atoms with E-state index in [9.17, 15) is 22.0 Å². The molecule has 2 N–H and O–H groups in total. The highest BCUT2D eigenvalue weighted by Crippen LogP contribution is 2.22. The summed E-state index contributed by atoms with van der Waals surface area (Å²) in [7, 11) is -3.74. The molecule has 1 atom stereocenters. The second kappa shape index (κ2) is 8.07. The van der Waals surface area contributed by atoms with Gasteiger partial charge in [-0.3, -0.25) is 9.52 Å². The van der Waals surface area contributed by atoms with Crippen molar-refractivity contribution in [1.29, 1.82) is 0 Å². The van der Waals surface area contributed by atoms with Crippen LogP contribution in [0.25, 0.3) is 0 Å². The highest BCUT2D eigenvalue weighted by atomic mass is 32.2. The molecule has 0 radical (unpaired) electrons. The van der Waals surface area contributed by atoms with Crippen LogP contribution >= 0.6 is 11.3 Å². The SMILES string of the molecule is CC(NC(=O)c1cccc(NS(=O)(=O)c2cccs2)c1)c1ccc(F)cc1F. The Hall–Kier alpha value is -2.78. The molecule has 146 valence electrons. The summed E-state index contributed by atoms with van der Waals surface area (Å²) in [4.78, 5) is 12.5.